The molecule has 0 aliphatic carbocycles. The standard InChI is InChI=1S/C19H25N3O3/c1-11(2)24-17-8-15-13(7-16(17)18(20)23)4-5-22-19(15)25-14-6-12(3)9-21-10-14/h4-5,7-8,11-12,14,21H,6,9-10H2,1-3H3,(H2,20,23)/t12-,14+/m1/s1. The molecule has 6 nitrogen and oxygen atoms in total. The number of amides is 1. The minimum atomic E-state index is -0.512. The SMILES string of the molecule is CC(C)Oc1cc2c(O[C@@H]3CNC[C@H](C)C3)nccc2cc1C(N)=O. The third kappa shape index (κ3) is 4.02. The van der Waals surface area contributed by atoms with Crippen LogP contribution in [0.4, 0.5) is 0 Å². The van der Waals surface area contributed by atoms with Crippen molar-refractivity contribution in [3.63, 3.8) is 0 Å². The van der Waals surface area contributed by atoms with Crippen LogP contribution in [0.15, 0.2) is 24.4 Å². The second-order valence-corrected chi connectivity index (χ2v) is 6.96. The molecule has 0 radical (unpaired) electrons. The number of pyridine rings is 1. The number of carbonyl (C=O) groups is 1. The monoisotopic (exact) mass is 343 g/mol. The van der Waals surface area contributed by atoms with Crippen molar-refractivity contribution < 1.29 is 14.3 Å². The molecule has 6 heteroatoms. The highest BCUT2D eigenvalue weighted by Crippen LogP contribution is 2.32. The van der Waals surface area contributed by atoms with Gasteiger partial charge in [-0.25, -0.2) is 4.98 Å². The lowest BCUT2D eigenvalue weighted by molar-refractivity contribution is 0.0994. The van der Waals surface area contributed by atoms with Crippen LogP contribution in [-0.2, 0) is 0 Å². The number of hydrogen-bond donors (Lipinski definition) is 2. The molecule has 134 valence electrons. The Labute approximate surface area is 147 Å². The number of ether oxygens (including phenoxy) is 2. The molecule has 3 N–H and O–H groups in total. The molecule has 1 saturated heterocycles. The zero-order chi connectivity index (χ0) is 18.0. The first-order valence-corrected chi connectivity index (χ1v) is 8.70. The van der Waals surface area contributed by atoms with Gasteiger partial charge in [0, 0.05) is 18.1 Å². The lowest BCUT2D eigenvalue weighted by Gasteiger charge is -2.28. The first kappa shape index (κ1) is 17.5. The van der Waals surface area contributed by atoms with Crippen molar-refractivity contribution in [3.05, 3.63) is 30.0 Å². The summed E-state index contributed by atoms with van der Waals surface area (Å²) < 4.78 is 11.9. The fraction of sp³-hybridized carbons (Fsp3) is 0.474. The van der Waals surface area contributed by atoms with Crippen LogP contribution in [0.5, 0.6) is 11.6 Å². The van der Waals surface area contributed by atoms with Gasteiger partial charge < -0.3 is 20.5 Å². The molecule has 1 amide bonds. The van der Waals surface area contributed by atoms with Crippen molar-refractivity contribution >= 4 is 16.7 Å². The average Bonchev–Trinajstić information content (AvgIpc) is 2.54. The quantitative estimate of drug-likeness (QED) is 0.871. The highest BCUT2D eigenvalue weighted by Gasteiger charge is 2.22. The van der Waals surface area contributed by atoms with Crippen LogP contribution in [0.1, 0.15) is 37.6 Å². The van der Waals surface area contributed by atoms with Crippen LogP contribution in [0, 0.1) is 5.92 Å². The molecule has 25 heavy (non-hydrogen) atoms. The number of rotatable bonds is 5. The third-order valence-electron chi connectivity index (χ3n) is 4.26. The Morgan fingerprint density at radius 3 is 2.84 bits per heavy atom. The Balaban J connectivity index is 2.00. The van der Waals surface area contributed by atoms with Crippen molar-refractivity contribution in [1.82, 2.24) is 10.3 Å². The maximum Gasteiger partial charge on any atom is 0.252 e. The highest BCUT2D eigenvalue weighted by atomic mass is 16.5. The number of nitrogens with one attached hydrogen (secondary N) is 1. The van der Waals surface area contributed by atoms with Crippen LogP contribution in [0.3, 0.4) is 0 Å². The zero-order valence-corrected chi connectivity index (χ0v) is 14.9. The normalized spacial score (nSPS) is 20.6. The number of aromatic nitrogens is 1. The van der Waals surface area contributed by atoms with Crippen LogP contribution in [0.2, 0.25) is 0 Å². The van der Waals surface area contributed by atoms with Crippen LogP contribution in [0.25, 0.3) is 10.8 Å². The van der Waals surface area contributed by atoms with Crippen molar-refractivity contribution in [3.8, 4) is 11.6 Å². The molecule has 1 aromatic heterocycles. The van der Waals surface area contributed by atoms with Crippen LogP contribution in [-0.4, -0.2) is 36.2 Å². The first-order valence-electron chi connectivity index (χ1n) is 8.70. The summed E-state index contributed by atoms with van der Waals surface area (Å²) in [4.78, 5) is 16.2. The molecule has 1 aliphatic heterocycles. The number of benzene rings is 1. The number of hydrogen-bond acceptors (Lipinski definition) is 5. The lowest BCUT2D eigenvalue weighted by atomic mass is 10.00. The van der Waals surface area contributed by atoms with Gasteiger partial charge in [0.15, 0.2) is 0 Å². The fourth-order valence-electron chi connectivity index (χ4n) is 3.17. The van der Waals surface area contributed by atoms with E-state index in [1.807, 2.05) is 19.9 Å². The van der Waals surface area contributed by atoms with E-state index in [-0.39, 0.29) is 12.2 Å². The maximum atomic E-state index is 11.8. The van der Waals surface area contributed by atoms with E-state index in [4.69, 9.17) is 15.2 Å². The number of primary amides is 1. The molecule has 0 unspecified atom stereocenters. The topological polar surface area (TPSA) is 86.5 Å². The summed E-state index contributed by atoms with van der Waals surface area (Å²) in [6.45, 7) is 7.83. The van der Waals surface area contributed by atoms with Gasteiger partial charge >= 0.3 is 0 Å². The molecule has 3 rings (SSSR count). The Morgan fingerprint density at radius 2 is 2.16 bits per heavy atom. The summed E-state index contributed by atoms with van der Waals surface area (Å²) >= 11 is 0. The minimum absolute atomic E-state index is 0.0695. The number of nitrogens with zero attached hydrogens (tertiary/aromatic N) is 1. The van der Waals surface area contributed by atoms with E-state index in [0.717, 1.165) is 30.3 Å². The van der Waals surface area contributed by atoms with E-state index < -0.39 is 5.91 Å². The van der Waals surface area contributed by atoms with E-state index in [1.54, 1.807) is 18.3 Å². The van der Waals surface area contributed by atoms with Gasteiger partial charge in [0.05, 0.1) is 11.7 Å². The minimum Gasteiger partial charge on any atom is -0.490 e. The molecule has 0 spiro atoms. The van der Waals surface area contributed by atoms with Gasteiger partial charge in [-0.2, -0.15) is 0 Å². The van der Waals surface area contributed by atoms with E-state index in [1.165, 1.54) is 0 Å². The molecule has 1 aliphatic rings. The van der Waals surface area contributed by atoms with Gasteiger partial charge in [0.1, 0.15) is 11.9 Å². The first-order chi connectivity index (χ1) is 11.9. The Bertz CT molecular complexity index is 776. The summed E-state index contributed by atoms with van der Waals surface area (Å²) in [6, 6.07) is 5.39. The third-order valence-corrected chi connectivity index (χ3v) is 4.26. The van der Waals surface area contributed by atoms with E-state index >= 15 is 0 Å². The number of fused-ring (bicyclic) bond motifs is 1. The summed E-state index contributed by atoms with van der Waals surface area (Å²) in [5.41, 5.74) is 5.88. The number of piperidine rings is 1. The van der Waals surface area contributed by atoms with Gasteiger partial charge in [-0.05, 0) is 56.3 Å². The van der Waals surface area contributed by atoms with Gasteiger partial charge in [-0.3, -0.25) is 4.79 Å². The fourth-order valence-corrected chi connectivity index (χ4v) is 3.17. The van der Waals surface area contributed by atoms with Crippen molar-refractivity contribution in [1.29, 1.82) is 0 Å². The van der Waals surface area contributed by atoms with Crippen molar-refractivity contribution in [2.45, 2.75) is 39.4 Å². The molecular formula is C19H25N3O3. The molecule has 2 aromatic rings. The highest BCUT2D eigenvalue weighted by molar-refractivity contribution is 6.01. The van der Waals surface area contributed by atoms with Crippen molar-refractivity contribution in [2.75, 3.05) is 13.1 Å². The second-order valence-electron chi connectivity index (χ2n) is 6.96. The predicted octanol–water partition coefficient (Wildman–Crippen LogP) is 2.50. The number of carbonyl (C=O) groups excluding carboxylic acids is 1. The second kappa shape index (κ2) is 7.27. The smallest absolute Gasteiger partial charge is 0.252 e. The maximum absolute atomic E-state index is 11.8. The van der Waals surface area contributed by atoms with E-state index in [2.05, 4.69) is 17.2 Å². The van der Waals surface area contributed by atoms with Crippen LogP contribution >= 0.6 is 0 Å². The van der Waals surface area contributed by atoms with Gasteiger partial charge in [-0.1, -0.05) is 6.92 Å². The molecule has 1 fully saturated rings. The predicted molar refractivity (Wildman–Crippen MR) is 97.1 cm³/mol. The number of nitrogens with two attached hydrogens (primary N) is 1. The van der Waals surface area contributed by atoms with Crippen LogP contribution < -0.4 is 20.5 Å². The molecule has 1 aromatic carbocycles. The Morgan fingerprint density at radius 1 is 1.36 bits per heavy atom. The largest absolute Gasteiger partial charge is 0.490 e. The summed E-state index contributed by atoms with van der Waals surface area (Å²) in [5, 5.41) is 5.05. The molecule has 2 heterocycles. The molecule has 0 bridgehead atoms. The van der Waals surface area contributed by atoms with Crippen molar-refractivity contribution in [2.24, 2.45) is 11.7 Å². The van der Waals surface area contributed by atoms with Gasteiger partial charge in [0.2, 0.25) is 5.88 Å². The summed E-state index contributed by atoms with van der Waals surface area (Å²) in [7, 11) is 0. The lowest BCUT2D eigenvalue weighted by Crippen LogP contribution is -2.41. The average molecular weight is 343 g/mol. The zero-order valence-electron chi connectivity index (χ0n) is 14.9. The summed E-state index contributed by atoms with van der Waals surface area (Å²) in [5.74, 6) is 1.07. The Hall–Kier alpha value is -2.34. The summed E-state index contributed by atoms with van der Waals surface area (Å²) in [6.07, 6.45) is 2.68. The van der Waals surface area contributed by atoms with Gasteiger partial charge in [0.25, 0.3) is 5.91 Å². The molecular weight excluding hydrogens is 318 g/mol. The molecule has 0 saturated carbocycles. The Kier molecular flexibility index (Phi) is 5.08. The van der Waals surface area contributed by atoms with E-state index in [0.29, 0.717) is 23.1 Å². The molecule has 2 atom stereocenters. The van der Waals surface area contributed by atoms with Gasteiger partial charge in [-0.15, -0.1) is 0 Å². The van der Waals surface area contributed by atoms with E-state index in [9.17, 15) is 4.79 Å².